The molecule has 0 aliphatic carbocycles. The third kappa shape index (κ3) is 5.90. The molecular formula is C17H19NO4S2. The first-order valence-electron chi connectivity index (χ1n) is 7.35. The largest absolute Gasteiger partial charge is 0.497 e. The van der Waals surface area contributed by atoms with Crippen molar-refractivity contribution in [2.24, 2.45) is 0 Å². The number of nitrogens with one attached hydrogen (secondary N) is 1. The summed E-state index contributed by atoms with van der Waals surface area (Å²) in [4.78, 5) is 24.1. The highest BCUT2D eigenvalue weighted by atomic mass is 32.2. The quantitative estimate of drug-likeness (QED) is 0.518. The van der Waals surface area contributed by atoms with Crippen molar-refractivity contribution in [3.8, 4) is 11.5 Å². The van der Waals surface area contributed by atoms with Crippen molar-refractivity contribution in [2.45, 2.75) is 5.75 Å². The lowest BCUT2D eigenvalue weighted by molar-refractivity contribution is -0.122. The third-order valence-corrected chi connectivity index (χ3v) is 5.16. The van der Waals surface area contributed by atoms with Crippen LogP contribution in [0.2, 0.25) is 0 Å². The first-order valence-corrected chi connectivity index (χ1v) is 9.39. The van der Waals surface area contributed by atoms with E-state index >= 15 is 0 Å². The summed E-state index contributed by atoms with van der Waals surface area (Å²) in [6.45, 7) is 0.462. The number of ether oxygens (including phenoxy) is 2. The minimum Gasteiger partial charge on any atom is -0.497 e. The van der Waals surface area contributed by atoms with Gasteiger partial charge in [-0.1, -0.05) is 6.07 Å². The Bertz CT molecular complexity index is 659. The number of hydrogen-bond donors (Lipinski definition) is 1. The Labute approximate surface area is 149 Å². The Morgan fingerprint density at radius 2 is 2.25 bits per heavy atom. The number of thiophene rings is 1. The second-order valence-electron chi connectivity index (χ2n) is 4.79. The van der Waals surface area contributed by atoms with Gasteiger partial charge in [-0.15, -0.1) is 11.3 Å². The molecule has 0 bridgehead atoms. The number of carbonyl (C=O) groups excluding carboxylic acids is 2. The number of carbonyl (C=O) groups is 2. The van der Waals surface area contributed by atoms with Gasteiger partial charge in [0.1, 0.15) is 11.5 Å². The Morgan fingerprint density at radius 1 is 1.38 bits per heavy atom. The van der Waals surface area contributed by atoms with Crippen LogP contribution in [0.15, 0.2) is 35.7 Å². The van der Waals surface area contributed by atoms with E-state index < -0.39 is 0 Å². The predicted octanol–water partition coefficient (Wildman–Crippen LogP) is 3.00. The molecular weight excluding hydrogens is 346 g/mol. The molecule has 0 atom stereocenters. The average molecular weight is 365 g/mol. The van der Waals surface area contributed by atoms with Gasteiger partial charge in [0, 0.05) is 22.9 Å². The predicted molar refractivity (Wildman–Crippen MR) is 97.4 cm³/mol. The SMILES string of the molecule is COc1ccc(OCC(=O)NCCSCc2cccs2)c(C=O)c1. The molecule has 0 saturated carbocycles. The van der Waals surface area contributed by atoms with Crippen LogP contribution in [-0.4, -0.2) is 38.2 Å². The fraction of sp³-hybridized carbons (Fsp3) is 0.294. The summed E-state index contributed by atoms with van der Waals surface area (Å²) in [6.07, 6.45) is 0.678. The van der Waals surface area contributed by atoms with E-state index in [1.807, 2.05) is 6.07 Å². The molecule has 0 aliphatic rings. The normalized spacial score (nSPS) is 10.2. The van der Waals surface area contributed by atoms with E-state index in [2.05, 4.69) is 16.8 Å². The zero-order valence-electron chi connectivity index (χ0n) is 13.3. The van der Waals surface area contributed by atoms with Crippen molar-refractivity contribution in [3.05, 3.63) is 46.2 Å². The summed E-state index contributed by atoms with van der Waals surface area (Å²) in [5.74, 6) is 2.52. The maximum Gasteiger partial charge on any atom is 0.257 e. The van der Waals surface area contributed by atoms with Gasteiger partial charge in [0.15, 0.2) is 12.9 Å². The second-order valence-corrected chi connectivity index (χ2v) is 6.93. The maximum atomic E-state index is 11.8. The molecule has 2 aromatic rings. The van der Waals surface area contributed by atoms with Gasteiger partial charge < -0.3 is 14.8 Å². The first kappa shape index (κ1) is 18.4. The lowest BCUT2D eigenvalue weighted by atomic mass is 10.2. The average Bonchev–Trinajstić information content (AvgIpc) is 3.12. The molecule has 5 nitrogen and oxygen atoms in total. The van der Waals surface area contributed by atoms with Gasteiger partial charge >= 0.3 is 0 Å². The van der Waals surface area contributed by atoms with Crippen molar-refractivity contribution in [2.75, 3.05) is 26.0 Å². The van der Waals surface area contributed by atoms with E-state index in [4.69, 9.17) is 9.47 Å². The molecule has 1 heterocycles. The zero-order chi connectivity index (χ0) is 17.2. The summed E-state index contributed by atoms with van der Waals surface area (Å²) in [6, 6.07) is 9.01. The van der Waals surface area contributed by atoms with Crippen LogP contribution in [0.25, 0.3) is 0 Å². The van der Waals surface area contributed by atoms with Crippen LogP contribution < -0.4 is 14.8 Å². The third-order valence-electron chi connectivity index (χ3n) is 3.10. The minimum atomic E-state index is -0.209. The molecule has 1 N–H and O–H groups in total. The molecule has 2 rings (SSSR count). The Morgan fingerprint density at radius 3 is 2.96 bits per heavy atom. The van der Waals surface area contributed by atoms with Crippen LogP contribution in [0.4, 0.5) is 0 Å². The molecule has 24 heavy (non-hydrogen) atoms. The van der Waals surface area contributed by atoms with Crippen molar-refractivity contribution < 1.29 is 19.1 Å². The van der Waals surface area contributed by atoms with Gasteiger partial charge in [-0.2, -0.15) is 11.8 Å². The monoisotopic (exact) mass is 365 g/mol. The van der Waals surface area contributed by atoms with Gasteiger partial charge in [0.2, 0.25) is 0 Å². The van der Waals surface area contributed by atoms with Crippen LogP contribution in [0.5, 0.6) is 11.5 Å². The molecule has 0 radical (unpaired) electrons. The molecule has 0 unspecified atom stereocenters. The number of hydrogen-bond acceptors (Lipinski definition) is 6. The standard InChI is InChI=1S/C17H19NO4S2/c1-21-14-4-5-16(13(9-14)10-19)22-11-17(20)18-6-8-23-12-15-3-2-7-24-15/h2-5,7,9-10H,6,8,11-12H2,1H3,(H,18,20). The molecule has 1 aromatic heterocycles. The molecule has 1 amide bonds. The molecule has 0 saturated heterocycles. The van der Waals surface area contributed by atoms with Crippen LogP contribution in [0, 0.1) is 0 Å². The molecule has 0 spiro atoms. The molecule has 0 fully saturated rings. The first-order chi connectivity index (χ1) is 11.7. The van der Waals surface area contributed by atoms with Gasteiger partial charge in [0.25, 0.3) is 5.91 Å². The minimum absolute atomic E-state index is 0.122. The fourth-order valence-electron chi connectivity index (χ4n) is 1.90. The van der Waals surface area contributed by atoms with Gasteiger partial charge in [0.05, 0.1) is 12.7 Å². The van der Waals surface area contributed by atoms with Crippen molar-refractivity contribution in [1.82, 2.24) is 5.32 Å². The van der Waals surface area contributed by atoms with E-state index in [1.54, 1.807) is 41.3 Å². The summed E-state index contributed by atoms with van der Waals surface area (Å²) < 4.78 is 10.4. The summed E-state index contributed by atoms with van der Waals surface area (Å²) in [5.41, 5.74) is 0.355. The summed E-state index contributed by atoms with van der Waals surface area (Å²) in [7, 11) is 1.52. The fourth-order valence-corrected chi connectivity index (χ4v) is 3.60. The second kappa shape index (κ2) is 10.00. The van der Waals surface area contributed by atoms with Gasteiger partial charge in [-0.25, -0.2) is 0 Å². The van der Waals surface area contributed by atoms with Crippen LogP contribution >= 0.6 is 23.1 Å². The van der Waals surface area contributed by atoms with E-state index in [1.165, 1.54) is 12.0 Å². The van der Waals surface area contributed by atoms with Crippen LogP contribution in [0.3, 0.4) is 0 Å². The summed E-state index contributed by atoms with van der Waals surface area (Å²) in [5, 5.41) is 4.86. The number of thioether (sulfide) groups is 1. The van der Waals surface area contributed by atoms with Crippen LogP contribution in [0.1, 0.15) is 15.2 Å². The summed E-state index contributed by atoms with van der Waals surface area (Å²) >= 11 is 3.51. The molecule has 0 aliphatic heterocycles. The molecule has 7 heteroatoms. The Kier molecular flexibility index (Phi) is 7.64. The van der Waals surface area contributed by atoms with Gasteiger partial charge in [-0.3, -0.25) is 9.59 Å². The maximum absolute atomic E-state index is 11.8. The highest BCUT2D eigenvalue weighted by Crippen LogP contribution is 2.22. The van der Waals surface area contributed by atoms with E-state index in [9.17, 15) is 9.59 Å². The highest BCUT2D eigenvalue weighted by Gasteiger charge is 2.08. The molecule has 1 aromatic carbocycles. The zero-order valence-corrected chi connectivity index (χ0v) is 15.0. The van der Waals surface area contributed by atoms with Gasteiger partial charge in [-0.05, 0) is 29.6 Å². The number of aldehydes is 1. The van der Waals surface area contributed by atoms with Crippen molar-refractivity contribution in [1.29, 1.82) is 0 Å². The topological polar surface area (TPSA) is 64.6 Å². The van der Waals surface area contributed by atoms with E-state index in [0.29, 0.717) is 29.9 Å². The van der Waals surface area contributed by atoms with E-state index in [0.717, 1.165) is 11.5 Å². The lowest BCUT2D eigenvalue weighted by Crippen LogP contribution is -2.30. The van der Waals surface area contributed by atoms with Crippen LogP contribution in [-0.2, 0) is 10.5 Å². The highest BCUT2D eigenvalue weighted by molar-refractivity contribution is 7.98. The molecule has 128 valence electrons. The van der Waals surface area contributed by atoms with Crippen molar-refractivity contribution >= 4 is 35.3 Å². The lowest BCUT2D eigenvalue weighted by Gasteiger charge is -2.10. The number of rotatable bonds is 10. The Balaban J connectivity index is 1.66. The van der Waals surface area contributed by atoms with E-state index in [-0.39, 0.29) is 12.5 Å². The number of benzene rings is 1. The Hall–Kier alpha value is -1.99. The number of methoxy groups -OCH3 is 1. The number of amides is 1. The smallest absolute Gasteiger partial charge is 0.257 e. The van der Waals surface area contributed by atoms with Crippen molar-refractivity contribution in [3.63, 3.8) is 0 Å².